The molecule has 0 radical (unpaired) electrons. The van der Waals surface area contributed by atoms with Crippen LogP contribution in [-0.4, -0.2) is 10.9 Å². The second-order valence-corrected chi connectivity index (χ2v) is 6.06. The molecule has 1 aromatic rings. The molecule has 17 heavy (non-hydrogen) atoms. The standard InChI is InChI=1S/C15H21BrO/c1-12(13-8-4-2-5-9-13)17-15-11-7-3-6-10-14(15)16/h2,4-5,8-9,12,14-15H,3,6-7,10-11H2,1H3. The Kier molecular flexibility index (Phi) is 5.05. The van der Waals surface area contributed by atoms with Crippen LogP contribution in [0.25, 0.3) is 0 Å². The van der Waals surface area contributed by atoms with Gasteiger partial charge in [0.1, 0.15) is 0 Å². The van der Waals surface area contributed by atoms with Crippen LogP contribution < -0.4 is 0 Å². The van der Waals surface area contributed by atoms with E-state index in [9.17, 15) is 0 Å². The predicted molar refractivity (Wildman–Crippen MR) is 75.5 cm³/mol. The van der Waals surface area contributed by atoms with E-state index in [4.69, 9.17) is 4.74 Å². The van der Waals surface area contributed by atoms with Crippen molar-refractivity contribution in [3.05, 3.63) is 35.9 Å². The van der Waals surface area contributed by atoms with Crippen LogP contribution in [0.5, 0.6) is 0 Å². The highest BCUT2D eigenvalue weighted by molar-refractivity contribution is 9.09. The summed E-state index contributed by atoms with van der Waals surface area (Å²) in [4.78, 5) is 0.524. The summed E-state index contributed by atoms with van der Waals surface area (Å²) in [5, 5.41) is 0. The van der Waals surface area contributed by atoms with Gasteiger partial charge in [-0.3, -0.25) is 0 Å². The molecule has 2 rings (SSSR count). The Balaban J connectivity index is 1.95. The Hall–Kier alpha value is -0.340. The van der Waals surface area contributed by atoms with Gasteiger partial charge < -0.3 is 4.74 Å². The molecule has 0 amide bonds. The minimum Gasteiger partial charge on any atom is -0.369 e. The van der Waals surface area contributed by atoms with E-state index in [2.05, 4.69) is 53.2 Å². The highest BCUT2D eigenvalue weighted by Crippen LogP contribution is 2.30. The van der Waals surface area contributed by atoms with Gasteiger partial charge in [0, 0.05) is 4.83 Å². The summed E-state index contributed by atoms with van der Waals surface area (Å²) in [6, 6.07) is 10.5. The molecule has 3 atom stereocenters. The first-order valence-electron chi connectivity index (χ1n) is 6.62. The maximum atomic E-state index is 6.22. The van der Waals surface area contributed by atoms with Crippen molar-refractivity contribution in [3.8, 4) is 0 Å². The van der Waals surface area contributed by atoms with Crippen LogP contribution in [0.2, 0.25) is 0 Å². The fourth-order valence-corrected chi connectivity index (χ4v) is 3.16. The summed E-state index contributed by atoms with van der Waals surface area (Å²) >= 11 is 3.78. The first kappa shape index (κ1) is 13.1. The van der Waals surface area contributed by atoms with Crippen molar-refractivity contribution in [1.29, 1.82) is 0 Å². The molecule has 0 bridgehead atoms. The third-order valence-electron chi connectivity index (χ3n) is 3.52. The molecule has 1 aliphatic rings. The van der Waals surface area contributed by atoms with Gasteiger partial charge in [-0.05, 0) is 25.3 Å². The van der Waals surface area contributed by atoms with Crippen molar-refractivity contribution in [1.82, 2.24) is 0 Å². The average Bonchev–Trinajstić information content (AvgIpc) is 2.56. The molecule has 0 aromatic heterocycles. The van der Waals surface area contributed by atoms with Crippen LogP contribution in [-0.2, 0) is 4.74 Å². The second kappa shape index (κ2) is 6.55. The summed E-state index contributed by atoms with van der Waals surface area (Å²) in [7, 11) is 0. The molecule has 1 saturated carbocycles. The van der Waals surface area contributed by atoms with Crippen LogP contribution >= 0.6 is 15.9 Å². The summed E-state index contributed by atoms with van der Waals surface area (Å²) < 4.78 is 6.22. The second-order valence-electron chi connectivity index (χ2n) is 4.88. The Morgan fingerprint density at radius 3 is 2.59 bits per heavy atom. The zero-order valence-corrected chi connectivity index (χ0v) is 12.0. The van der Waals surface area contributed by atoms with Crippen molar-refractivity contribution in [2.24, 2.45) is 0 Å². The van der Waals surface area contributed by atoms with Crippen molar-refractivity contribution in [2.75, 3.05) is 0 Å². The zero-order chi connectivity index (χ0) is 12.1. The molecule has 1 aliphatic carbocycles. The molecule has 0 saturated heterocycles. The van der Waals surface area contributed by atoms with E-state index >= 15 is 0 Å². The highest BCUT2D eigenvalue weighted by Gasteiger charge is 2.24. The third kappa shape index (κ3) is 3.82. The maximum absolute atomic E-state index is 6.22. The van der Waals surface area contributed by atoms with Crippen LogP contribution in [0.3, 0.4) is 0 Å². The van der Waals surface area contributed by atoms with Crippen molar-refractivity contribution in [3.63, 3.8) is 0 Å². The normalized spacial score (nSPS) is 27.4. The topological polar surface area (TPSA) is 9.23 Å². The maximum Gasteiger partial charge on any atom is 0.0801 e. The largest absolute Gasteiger partial charge is 0.369 e. The fourth-order valence-electron chi connectivity index (χ4n) is 2.45. The monoisotopic (exact) mass is 296 g/mol. The number of benzene rings is 1. The summed E-state index contributed by atoms with van der Waals surface area (Å²) in [6.45, 7) is 2.15. The van der Waals surface area contributed by atoms with Gasteiger partial charge in [0.15, 0.2) is 0 Å². The average molecular weight is 297 g/mol. The number of ether oxygens (including phenoxy) is 1. The number of alkyl halides is 1. The summed E-state index contributed by atoms with van der Waals surface area (Å²) in [5.41, 5.74) is 1.27. The molecule has 94 valence electrons. The molecule has 1 fully saturated rings. The van der Waals surface area contributed by atoms with Crippen molar-refractivity contribution >= 4 is 15.9 Å². The first-order valence-corrected chi connectivity index (χ1v) is 7.53. The molecule has 0 N–H and O–H groups in total. The van der Waals surface area contributed by atoms with E-state index in [1.165, 1.54) is 37.7 Å². The van der Waals surface area contributed by atoms with Gasteiger partial charge in [-0.25, -0.2) is 0 Å². The number of hydrogen-bond donors (Lipinski definition) is 0. The van der Waals surface area contributed by atoms with E-state index < -0.39 is 0 Å². The van der Waals surface area contributed by atoms with E-state index in [-0.39, 0.29) is 6.10 Å². The van der Waals surface area contributed by atoms with Crippen LogP contribution in [0.1, 0.15) is 50.7 Å². The van der Waals surface area contributed by atoms with Crippen LogP contribution in [0.4, 0.5) is 0 Å². The molecular formula is C15H21BrO. The molecule has 0 spiro atoms. The lowest BCUT2D eigenvalue weighted by atomic mass is 10.1. The molecule has 2 heteroatoms. The SMILES string of the molecule is CC(OC1CCCCCC1Br)c1ccccc1. The highest BCUT2D eigenvalue weighted by atomic mass is 79.9. The predicted octanol–water partition coefficient (Wildman–Crippen LogP) is 4.86. The molecule has 1 nitrogen and oxygen atoms in total. The van der Waals surface area contributed by atoms with Gasteiger partial charge in [0.05, 0.1) is 12.2 Å². The van der Waals surface area contributed by atoms with Gasteiger partial charge in [-0.15, -0.1) is 0 Å². The lowest BCUT2D eigenvalue weighted by Crippen LogP contribution is -2.24. The van der Waals surface area contributed by atoms with Crippen LogP contribution in [0, 0.1) is 0 Å². The van der Waals surface area contributed by atoms with E-state index in [1.807, 2.05) is 0 Å². The minimum absolute atomic E-state index is 0.194. The quantitative estimate of drug-likeness (QED) is 0.572. The van der Waals surface area contributed by atoms with Gasteiger partial charge in [0.2, 0.25) is 0 Å². The summed E-state index contributed by atoms with van der Waals surface area (Å²) in [6.07, 6.45) is 6.97. The van der Waals surface area contributed by atoms with E-state index in [0.717, 1.165) is 0 Å². The van der Waals surface area contributed by atoms with Crippen LogP contribution in [0.15, 0.2) is 30.3 Å². The molecule has 0 heterocycles. The molecular weight excluding hydrogens is 276 g/mol. The lowest BCUT2D eigenvalue weighted by Gasteiger charge is -2.25. The zero-order valence-electron chi connectivity index (χ0n) is 10.4. The smallest absolute Gasteiger partial charge is 0.0801 e. The minimum atomic E-state index is 0.194. The first-order chi connectivity index (χ1) is 8.27. The molecule has 1 aromatic carbocycles. The van der Waals surface area contributed by atoms with E-state index in [0.29, 0.717) is 10.9 Å². The number of rotatable bonds is 3. The van der Waals surface area contributed by atoms with Gasteiger partial charge in [0.25, 0.3) is 0 Å². The van der Waals surface area contributed by atoms with Crippen molar-refractivity contribution < 1.29 is 4.74 Å². The van der Waals surface area contributed by atoms with Gasteiger partial charge in [-0.1, -0.05) is 65.5 Å². The Labute approximate surface area is 113 Å². The summed E-state index contributed by atoms with van der Waals surface area (Å²) in [5.74, 6) is 0. The van der Waals surface area contributed by atoms with Gasteiger partial charge >= 0.3 is 0 Å². The Morgan fingerprint density at radius 1 is 1.12 bits per heavy atom. The van der Waals surface area contributed by atoms with Crippen molar-refractivity contribution in [2.45, 2.75) is 56.1 Å². The lowest BCUT2D eigenvalue weighted by molar-refractivity contribution is -0.00670. The molecule has 3 unspecified atom stereocenters. The number of hydrogen-bond acceptors (Lipinski definition) is 1. The number of halogens is 1. The third-order valence-corrected chi connectivity index (χ3v) is 4.57. The fraction of sp³-hybridized carbons (Fsp3) is 0.600. The Morgan fingerprint density at radius 2 is 1.82 bits per heavy atom. The van der Waals surface area contributed by atoms with Gasteiger partial charge in [-0.2, -0.15) is 0 Å². The Bertz CT molecular complexity index is 325. The molecule has 0 aliphatic heterocycles. The van der Waals surface area contributed by atoms with E-state index in [1.54, 1.807) is 0 Å².